The second kappa shape index (κ2) is 8.19. The minimum absolute atomic E-state index is 0.471. The molecule has 4 nitrogen and oxygen atoms in total. The summed E-state index contributed by atoms with van der Waals surface area (Å²) in [5.74, 6) is 0.562. The topological polar surface area (TPSA) is 37.4 Å². The molecule has 3 heterocycles. The van der Waals surface area contributed by atoms with E-state index in [2.05, 4.69) is 58.5 Å². The summed E-state index contributed by atoms with van der Waals surface area (Å²) in [5.41, 5.74) is 4.06. The van der Waals surface area contributed by atoms with Crippen molar-refractivity contribution in [2.45, 2.75) is 38.3 Å². The maximum atomic E-state index is 5.80. The second-order valence-corrected chi connectivity index (χ2v) is 7.73. The van der Waals surface area contributed by atoms with Crippen molar-refractivity contribution in [3.05, 3.63) is 59.9 Å². The molecule has 2 atom stereocenters. The third-order valence-corrected chi connectivity index (χ3v) is 5.76. The third-order valence-electron chi connectivity index (χ3n) is 5.76. The molecular weight excluding hydrogens is 322 g/mol. The van der Waals surface area contributed by atoms with E-state index in [0.29, 0.717) is 18.0 Å². The Labute approximate surface area is 156 Å². The zero-order valence-corrected chi connectivity index (χ0v) is 15.6. The lowest BCUT2D eigenvalue weighted by molar-refractivity contribution is 0.181. The summed E-state index contributed by atoms with van der Waals surface area (Å²) in [7, 11) is 0. The van der Waals surface area contributed by atoms with Crippen molar-refractivity contribution in [1.29, 1.82) is 0 Å². The molecule has 1 aromatic heterocycles. The summed E-state index contributed by atoms with van der Waals surface area (Å²) < 4.78 is 5.80. The highest BCUT2D eigenvalue weighted by molar-refractivity contribution is 5.48. The molecule has 4 rings (SSSR count). The first-order valence-corrected chi connectivity index (χ1v) is 9.82. The van der Waals surface area contributed by atoms with Crippen LogP contribution in [-0.2, 0) is 11.2 Å². The smallest absolute Gasteiger partial charge is 0.0623 e. The summed E-state index contributed by atoms with van der Waals surface area (Å²) in [6, 6.07) is 14.2. The second-order valence-electron chi connectivity index (χ2n) is 7.73. The molecule has 2 fully saturated rings. The van der Waals surface area contributed by atoms with Gasteiger partial charge >= 0.3 is 0 Å². The standard InChI is InChI=1S/C22H29N3O/c1-17-3-2-4-21(13-17)25-11-7-20(8-12-25)24-22-16-26-15-19(22)14-18-5-9-23-10-6-18/h2-6,9-10,13,19-20,22,24H,7-8,11-12,14-16H2,1H3/t19-,22+/m1/s1. The van der Waals surface area contributed by atoms with Gasteiger partial charge in [-0.25, -0.2) is 0 Å². The fourth-order valence-corrected chi connectivity index (χ4v) is 4.24. The van der Waals surface area contributed by atoms with Crippen LogP contribution < -0.4 is 10.2 Å². The van der Waals surface area contributed by atoms with E-state index in [-0.39, 0.29) is 0 Å². The Balaban J connectivity index is 1.29. The molecule has 4 heteroatoms. The van der Waals surface area contributed by atoms with Gasteiger partial charge in [-0.05, 0) is 61.6 Å². The van der Waals surface area contributed by atoms with Gasteiger partial charge in [-0.2, -0.15) is 0 Å². The molecule has 0 unspecified atom stereocenters. The third kappa shape index (κ3) is 4.25. The fraction of sp³-hybridized carbons (Fsp3) is 0.500. The van der Waals surface area contributed by atoms with E-state index in [1.807, 2.05) is 12.4 Å². The van der Waals surface area contributed by atoms with Gasteiger partial charge in [-0.1, -0.05) is 12.1 Å². The molecule has 26 heavy (non-hydrogen) atoms. The van der Waals surface area contributed by atoms with Crippen LogP contribution in [0.15, 0.2) is 48.8 Å². The van der Waals surface area contributed by atoms with Crippen LogP contribution in [0, 0.1) is 12.8 Å². The van der Waals surface area contributed by atoms with Crippen molar-refractivity contribution in [3.63, 3.8) is 0 Å². The Morgan fingerprint density at radius 3 is 2.69 bits per heavy atom. The molecule has 2 aromatic rings. The number of pyridine rings is 1. The fourth-order valence-electron chi connectivity index (χ4n) is 4.24. The SMILES string of the molecule is Cc1cccc(N2CCC(N[C@H]3COC[C@H]3Cc3ccncc3)CC2)c1. The molecule has 0 saturated carbocycles. The van der Waals surface area contributed by atoms with Gasteiger partial charge in [0.2, 0.25) is 0 Å². The first kappa shape index (κ1) is 17.5. The Morgan fingerprint density at radius 1 is 1.12 bits per heavy atom. The van der Waals surface area contributed by atoms with E-state index in [4.69, 9.17) is 4.74 Å². The molecule has 0 radical (unpaired) electrons. The van der Waals surface area contributed by atoms with Gasteiger partial charge in [0, 0.05) is 49.2 Å². The lowest BCUT2D eigenvalue weighted by Gasteiger charge is -2.36. The van der Waals surface area contributed by atoms with Crippen LogP contribution in [0.3, 0.4) is 0 Å². The number of ether oxygens (including phenoxy) is 1. The molecule has 2 aliphatic heterocycles. The number of aryl methyl sites for hydroxylation is 1. The molecule has 1 N–H and O–H groups in total. The van der Waals surface area contributed by atoms with Crippen LogP contribution in [-0.4, -0.2) is 43.4 Å². The van der Waals surface area contributed by atoms with Crippen molar-refractivity contribution in [2.24, 2.45) is 5.92 Å². The Kier molecular flexibility index (Phi) is 5.51. The van der Waals surface area contributed by atoms with Gasteiger partial charge in [0.05, 0.1) is 13.2 Å². The van der Waals surface area contributed by atoms with Crippen LogP contribution in [0.25, 0.3) is 0 Å². The van der Waals surface area contributed by atoms with E-state index in [1.54, 1.807) is 0 Å². The Bertz CT molecular complexity index is 698. The maximum absolute atomic E-state index is 5.80. The van der Waals surface area contributed by atoms with Crippen LogP contribution in [0.2, 0.25) is 0 Å². The summed E-state index contributed by atoms with van der Waals surface area (Å²) in [5, 5.41) is 3.90. The number of rotatable bonds is 5. The molecule has 2 aliphatic rings. The summed E-state index contributed by atoms with van der Waals surface area (Å²) >= 11 is 0. The van der Waals surface area contributed by atoms with E-state index < -0.39 is 0 Å². The molecule has 0 aliphatic carbocycles. The van der Waals surface area contributed by atoms with Crippen LogP contribution in [0.4, 0.5) is 5.69 Å². The molecule has 2 saturated heterocycles. The Hall–Kier alpha value is -1.91. The van der Waals surface area contributed by atoms with Gasteiger partial charge in [-0.15, -0.1) is 0 Å². The van der Waals surface area contributed by atoms with Crippen molar-refractivity contribution >= 4 is 5.69 Å². The van der Waals surface area contributed by atoms with Gasteiger partial charge in [0.1, 0.15) is 0 Å². The summed E-state index contributed by atoms with van der Waals surface area (Å²) in [6.07, 6.45) is 7.24. The van der Waals surface area contributed by atoms with Crippen LogP contribution in [0.5, 0.6) is 0 Å². The van der Waals surface area contributed by atoms with Crippen molar-refractivity contribution in [3.8, 4) is 0 Å². The van der Waals surface area contributed by atoms with Gasteiger partial charge in [0.15, 0.2) is 0 Å². The number of piperidine rings is 1. The highest BCUT2D eigenvalue weighted by atomic mass is 16.5. The zero-order chi connectivity index (χ0) is 17.8. The largest absolute Gasteiger partial charge is 0.379 e. The van der Waals surface area contributed by atoms with Crippen LogP contribution >= 0.6 is 0 Å². The minimum Gasteiger partial charge on any atom is -0.379 e. The molecular formula is C22H29N3O. The van der Waals surface area contributed by atoms with Gasteiger partial charge in [-0.3, -0.25) is 4.98 Å². The number of hydrogen-bond donors (Lipinski definition) is 1. The van der Waals surface area contributed by atoms with Crippen molar-refractivity contribution < 1.29 is 4.74 Å². The van der Waals surface area contributed by atoms with E-state index in [1.165, 1.54) is 29.7 Å². The molecule has 138 valence electrons. The predicted molar refractivity (Wildman–Crippen MR) is 106 cm³/mol. The normalized spacial score (nSPS) is 24.1. The minimum atomic E-state index is 0.471. The maximum Gasteiger partial charge on any atom is 0.0623 e. The van der Waals surface area contributed by atoms with Crippen LogP contribution in [0.1, 0.15) is 24.0 Å². The lowest BCUT2D eigenvalue weighted by Crippen LogP contribution is -2.48. The quantitative estimate of drug-likeness (QED) is 0.898. The number of anilines is 1. The number of hydrogen-bond acceptors (Lipinski definition) is 4. The highest BCUT2D eigenvalue weighted by Gasteiger charge is 2.31. The van der Waals surface area contributed by atoms with E-state index >= 15 is 0 Å². The molecule has 1 aromatic carbocycles. The zero-order valence-electron chi connectivity index (χ0n) is 15.6. The van der Waals surface area contributed by atoms with Gasteiger partial charge in [0.25, 0.3) is 0 Å². The number of benzene rings is 1. The van der Waals surface area contributed by atoms with E-state index in [0.717, 1.165) is 32.7 Å². The Morgan fingerprint density at radius 2 is 1.92 bits per heavy atom. The molecule has 0 bridgehead atoms. The average Bonchev–Trinajstić information content (AvgIpc) is 3.10. The molecule has 0 amide bonds. The average molecular weight is 351 g/mol. The van der Waals surface area contributed by atoms with E-state index in [9.17, 15) is 0 Å². The number of aromatic nitrogens is 1. The lowest BCUT2D eigenvalue weighted by atomic mass is 9.93. The summed E-state index contributed by atoms with van der Waals surface area (Å²) in [6.45, 7) is 6.13. The number of nitrogens with one attached hydrogen (secondary N) is 1. The summed E-state index contributed by atoms with van der Waals surface area (Å²) in [4.78, 5) is 6.64. The highest BCUT2D eigenvalue weighted by Crippen LogP contribution is 2.24. The van der Waals surface area contributed by atoms with Gasteiger partial charge < -0.3 is 15.0 Å². The monoisotopic (exact) mass is 351 g/mol. The number of nitrogens with zero attached hydrogens (tertiary/aromatic N) is 2. The first-order valence-electron chi connectivity index (χ1n) is 9.82. The van der Waals surface area contributed by atoms with Crippen molar-refractivity contribution in [2.75, 3.05) is 31.2 Å². The predicted octanol–water partition coefficient (Wildman–Crippen LogP) is 3.21. The molecule has 0 spiro atoms. The van der Waals surface area contributed by atoms with Crippen molar-refractivity contribution in [1.82, 2.24) is 10.3 Å². The first-order chi connectivity index (χ1) is 12.8.